The number of benzene rings is 1. The molecule has 0 radical (unpaired) electrons. The largest absolute Gasteiger partial charge is 0.385 e. The van der Waals surface area contributed by atoms with E-state index >= 15 is 0 Å². The molecule has 0 aliphatic carbocycles. The lowest BCUT2D eigenvalue weighted by Crippen LogP contribution is -2.24. The van der Waals surface area contributed by atoms with Crippen molar-refractivity contribution in [2.45, 2.75) is 6.42 Å². The lowest BCUT2D eigenvalue weighted by atomic mass is 10.1. The van der Waals surface area contributed by atoms with Gasteiger partial charge in [-0.15, -0.1) is 0 Å². The van der Waals surface area contributed by atoms with Crippen LogP contribution in [0.3, 0.4) is 0 Å². The molecule has 1 aromatic carbocycles. The maximum atomic E-state index is 11.9. The van der Waals surface area contributed by atoms with Crippen molar-refractivity contribution in [1.82, 2.24) is 4.90 Å². The Labute approximate surface area is 98.4 Å². The van der Waals surface area contributed by atoms with E-state index in [1.54, 1.807) is 18.2 Å². The minimum Gasteiger partial charge on any atom is -0.385 e. The Kier molecular flexibility index (Phi) is 3.08. The smallest absolute Gasteiger partial charge is 0.261 e. The molecular formula is C12H13FN2O2. The Balaban J connectivity index is 2.21. The Bertz CT molecular complexity index is 474. The van der Waals surface area contributed by atoms with Crippen LogP contribution in [-0.2, 0) is 0 Å². The molecule has 0 saturated heterocycles. The summed E-state index contributed by atoms with van der Waals surface area (Å²) in [6.45, 7) is 0.130. The van der Waals surface area contributed by atoms with E-state index in [9.17, 15) is 14.0 Å². The van der Waals surface area contributed by atoms with Gasteiger partial charge in [0.25, 0.3) is 11.8 Å². The topological polar surface area (TPSA) is 49.4 Å². The number of hydrogen-bond acceptors (Lipinski definition) is 3. The molecule has 0 unspecified atom stereocenters. The van der Waals surface area contributed by atoms with Crippen molar-refractivity contribution in [3.8, 4) is 0 Å². The van der Waals surface area contributed by atoms with Gasteiger partial charge in [0.05, 0.1) is 17.8 Å². The third kappa shape index (κ3) is 2.00. The Morgan fingerprint density at radius 3 is 2.65 bits per heavy atom. The fraction of sp³-hybridized carbons (Fsp3) is 0.333. The number of hydrogen-bond donors (Lipinski definition) is 1. The summed E-state index contributed by atoms with van der Waals surface area (Å²) < 4.78 is 11.9. The van der Waals surface area contributed by atoms with E-state index in [0.29, 0.717) is 24.1 Å². The van der Waals surface area contributed by atoms with Crippen molar-refractivity contribution in [2.24, 2.45) is 0 Å². The number of alkyl halides is 1. The molecule has 0 bridgehead atoms. The normalized spacial score (nSPS) is 14.1. The molecule has 1 aromatic rings. The SMILES string of the molecule is CN1C(=O)c2ccc(NCCCF)cc2C1=O. The minimum absolute atomic E-state index is 0.277. The van der Waals surface area contributed by atoms with Gasteiger partial charge in [-0.05, 0) is 24.6 Å². The van der Waals surface area contributed by atoms with E-state index in [4.69, 9.17) is 0 Å². The molecule has 0 atom stereocenters. The summed E-state index contributed by atoms with van der Waals surface area (Å²) in [5.74, 6) is -0.570. The predicted molar refractivity (Wildman–Crippen MR) is 61.9 cm³/mol. The molecule has 2 rings (SSSR count). The first-order chi connectivity index (χ1) is 8.15. The maximum Gasteiger partial charge on any atom is 0.261 e. The Morgan fingerprint density at radius 2 is 1.94 bits per heavy atom. The van der Waals surface area contributed by atoms with Crippen molar-refractivity contribution < 1.29 is 14.0 Å². The maximum absolute atomic E-state index is 11.9. The summed E-state index contributed by atoms with van der Waals surface area (Å²) in [6, 6.07) is 4.98. The van der Waals surface area contributed by atoms with Gasteiger partial charge in [-0.1, -0.05) is 0 Å². The summed E-state index contributed by atoms with van der Waals surface area (Å²) in [4.78, 5) is 24.4. The average molecular weight is 236 g/mol. The molecule has 0 spiro atoms. The third-order valence-electron chi connectivity index (χ3n) is 2.73. The van der Waals surface area contributed by atoms with Gasteiger partial charge in [0, 0.05) is 19.3 Å². The van der Waals surface area contributed by atoms with Crippen LogP contribution in [0, 0.1) is 0 Å². The number of imide groups is 1. The third-order valence-corrected chi connectivity index (χ3v) is 2.73. The number of nitrogens with zero attached hydrogens (tertiary/aromatic N) is 1. The molecule has 1 N–H and O–H groups in total. The summed E-state index contributed by atoms with van der Waals surface area (Å²) in [7, 11) is 1.46. The Morgan fingerprint density at radius 1 is 1.24 bits per heavy atom. The van der Waals surface area contributed by atoms with Crippen LogP contribution in [-0.4, -0.2) is 37.0 Å². The minimum atomic E-state index is -0.377. The van der Waals surface area contributed by atoms with Crippen molar-refractivity contribution in [3.05, 3.63) is 29.3 Å². The molecule has 0 aromatic heterocycles. The highest BCUT2D eigenvalue weighted by atomic mass is 19.1. The molecule has 1 aliphatic rings. The fourth-order valence-corrected chi connectivity index (χ4v) is 1.77. The van der Waals surface area contributed by atoms with E-state index in [0.717, 1.165) is 10.6 Å². The second-order valence-electron chi connectivity index (χ2n) is 3.90. The molecule has 2 amide bonds. The summed E-state index contributed by atoms with van der Waals surface area (Å²) >= 11 is 0. The van der Waals surface area contributed by atoms with Crippen LogP contribution in [0.25, 0.3) is 0 Å². The number of amides is 2. The van der Waals surface area contributed by atoms with Gasteiger partial charge >= 0.3 is 0 Å². The highest BCUT2D eigenvalue weighted by Gasteiger charge is 2.32. The quantitative estimate of drug-likeness (QED) is 0.639. The van der Waals surface area contributed by atoms with Crippen LogP contribution in [0.15, 0.2) is 18.2 Å². The standard InChI is InChI=1S/C12H13FN2O2/c1-15-11(16)9-4-3-8(14-6-2-5-13)7-10(9)12(15)17/h3-4,7,14H,2,5-6H2,1H3. The molecule has 4 nitrogen and oxygen atoms in total. The number of anilines is 1. The zero-order valence-electron chi connectivity index (χ0n) is 9.50. The van der Waals surface area contributed by atoms with Gasteiger partial charge in [0.15, 0.2) is 0 Å². The van der Waals surface area contributed by atoms with Gasteiger partial charge in [-0.2, -0.15) is 0 Å². The first kappa shape index (κ1) is 11.6. The van der Waals surface area contributed by atoms with E-state index < -0.39 is 0 Å². The van der Waals surface area contributed by atoms with Crippen molar-refractivity contribution >= 4 is 17.5 Å². The number of halogens is 1. The lowest BCUT2D eigenvalue weighted by Gasteiger charge is -2.05. The molecule has 17 heavy (non-hydrogen) atoms. The molecule has 0 saturated carbocycles. The summed E-state index contributed by atoms with van der Waals surface area (Å²) in [5.41, 5.74) is 1.56. The molecule has 5 heteroatoms. The first-order valence-electron chi connectivity index (χ1n) is 5.41. The predicted octanol–water partition coefficient (Wildman–Crippen LogP) is 1.68. The van der Waals surface area contributed by atoms with Crippen molar-refractivity contribution in [1.29, 1.82) is 0 Å². The van der Waals surface area contributed by atoms with E-state index in [1.165, 1.54) is 7.05 Å². The monoisotopic (exact) mass is 236 g/mol. The molecule has 1 heterocycles. The number of fused-ring (bicyclic) bond motifs is 1. The van der Waals surface area contributed by atoms with Crippen LogP contribution in [0.1, 0.15) is 27.1 Å². The van der Waals surface area contributed by atoms with Gasteiger partial charge in [0.1, 0.15) is 0 Å². The van der Waals surface area contributed by atoms with Gasteiger partial charge in [-0.3, -0.25) is 18.9 Å². The highest BCUT2D eigenvalue weighted by Crippen LogP contribution is 2.24. The van der Waals surface area contributed by atoms with Crippen LogP contribution in [0.5, 0.6) is 0 Å². The van der Waals surface area contributed by atoms with Crippen LogP contribution in [0.2, 0.25) is 0 Å². The number of carbonyl (C=O) groups is 2. The average Bonchev–Trinajstić information content (AvgIpc) is 2.55. The van der Waals surface area contributed by atoms with E-state index in [2.05, 4.69) is 5.32 Å². The number of nitrogens with one attached hydrogen (secondary N) is 1. The Hall–Kier alpha value is -1.91. The lowest BCUT2D eigenvalue weighted by molar-refractivity contribution is 0.0693. The zero-order chi connectivity index (χ0) is 12.4. The van der Waals surface area contributed by atoms with E-state index in [-0.39, 0.29) is 18.5 Å². The van der Waals surface area contributed by atoms with Crippen molar-refractivity contribution in [3.63, 3.8) is 0 Å². The summed E-state index contributed by atoms with van der Waals surface area (Å²) in [6.07, 6.45) is 0.421. The fourth-order valence-electron chi connectivity index (χ4n) is 1.77. The molecule has 90 valence electrons. The molecule has 0 fully saturated rings. The van der Waals surface area contributed by atoms with Gasteiger partial charge in [-0.25, -0.2) is 0 Å². The van der Waals surface area contributed by atoms with Crippen LogP contribution < -0.4 is 5.32 Å². The van der Waals surface area contributed by atoms with Gasteiger partial charge in [0.2, 0.25) is 0 Å². The molecule has 1 aliphatic heterocycles. The first-order valence-corrected chi connectivity index (χ1v) is 5.41. The van der Waals surface area contributed by atoms with Gasteiger partial charge < -0.3 is 5.32 Å². The number of rotatable bonds is 4. The van der Waals surface area contributed by atoms with Crippen LogP contribution >= 0.6 is 0 Å². The summed E-state index contributed by atoms with van der Waals surface area (Å²) in [5, 5.41) is 3.00. The second-order valence-corrected chi connectivity index (χ2v) is 3.90. The van der Waals surface area contributed by atoms with E-state index in [1.807, 2.05) is 0 Å². The zero-order valence-corrected chi connectivity index (χ0v) is 9.50. The highest BCUT2D eigenvalue weighted by molar-refractivity contribution is 6.21. The second kappa shape index (κ2) is 4.53. The number of carbonyl (C=O) groups excluding carboxylic acids is 2. The van der Waals surface area contributed by atoms with Crippen molar-refractivity contribution in [2.75, 3.05) is 25.6 Å². The molecular weight excluding hydrogens is 223 g/mol. The van der Waals surface area contributed by atoms with Crippen LogP contribution in [0.4, 0.5) is 10.1 Å².